The van der Waals surface area contributed by atoms with Gasteiger partial charge < -0.3 is 10.1 Å². The van der Waals surface area contributed by atoms with E-state index in [9.17, 15) is 4.79 Å². The van der Waals surface area contributed by atoms with Gasteiger partial charge in [0.1, 0.15) is 11.1 Å². The highest BCUT2D eigenvalue weighted by atomic mass is 35.5. The van der Waals surface area contributed by atoms with Crippen molar-refractivity contribution in [3.63, 3.8) is 0 Å². The molecule has 0 fully saturated rings. The highest BCUT2D eigenvalue weighted by Crippen LogP contribution is 2.25. The fourth-order valence-electron chi connectivity index (χ4n) is 2.07. The van der Waals surface area contributed by atoms with Crippen LogP contribution in [0.1, 0.15) is 22.1 Å². The monoisotopic (exact) mass is 303 g/mol. The fourth-order valence-corrected chi connectivity index (χ4v) is 2.27. The number of rotatable bonds is 4. The van der Waals surface area contributed by atoms with E-state index >= 15 is 0 Å². The largest absolute Gasteiger partial charge is 0.497 e. The van der Waals surface area contributed by atoms with Crippen LogP contribution in [0.25, 0.3) is 0 Å². The van der Waals surface area contributed by atoms with Gasteiger partial charge in [-0.05, 0) is 43.2 Å². The molecule has 3 nitrogen and oxygen atoms in total. The molecule has 0 aromatic heterocycles. The summed E-state index contributed by atoms with van der Waals surface area (Å²) in [6, 6.07) is 13.0. The van der Waals surface area contributed by atoms with Crippen LogP contribution in [0.15, 0.2) is 42.5 Å². The molecule has 21 heavy (non-hydrogen) atoms. The third-order valence-corrected chi connectivity index (χ3v) is 3.73. The van der Waals surface area contributed by atoms with E-state index in [-0.39, 0.29) is 5.91 Å². The molecule has 0 aliphatic rings. The summed E-state index contributed by atoms with van der Waals surface area (Å²) in [5.41, 5.74) is 3.69. The Morgan fingerprint density at radius 3 is 2.38 bits per heavy atom. The van der Waals surface area contributed by atoms with Crippen molar-refractivity contribution in [3.8, 4) is 5.75 Å². The first kappa shape index (κ1) is 15.4. The van der Waals surface area contributed by atoms with Crippen molar-refractivity contribution in [1.29, 1.82) is 0 Å². The summed E-state index contributed by atoms with van der Waals surface area (Å²) in [7, 11) is 1.60. The molecule has 2 rings (SSSR count). The number of alkyl halides is 1. The number of anilines is 1. The molecule has 0 aliphatic heterocycles. The first-order chi connectivity index (χ1) is 10.0. The Labute approximate surface area is 129 Å². The van der Waals surface area contributed by atoms with Crippen LogP contribution < -0.4 is 10.1 Å². The van der Waals surface area contributed by atoms with Crippen LogP contribution in [0.2, 0.25) is 0 Å². The van der Waals surface area contributed by atoms with Crippen LogP contribution >= 0.6 is 11.6 Å². The molecule has 0 spiro atoms. The number of amides is 1. The topological polar surface area (TPSA) is 38.3 Å². The lowest BCUT2D eigenvalue weighted by atomic mass is 10.1. The predicted molar refractivity (Wildman–Crippen MR) is 86.1 cm³/mol. The van der Waals surface area contributed by atoms with Crippen molar-refractivity contribution in [2.24, 2.45) is 0 Å². The number of aryl methyl sites for hydroxylation is 2. The molecule has 1 N–H and O–H groups in total. The second kappa shape index (κ2) is 6.64. The Morgan fingerprint density at radius 2 is 1.81 bits per heavy atom. The van der Waals surface area contributed by atoms with Gasteiger partial charge in [0.15, 0.2) is 0 Å². The van der Waals surface area contributed by atoms with Crippen LogP contribution in [0.5, 0.6) is 5.75 Å². The number of hydrogen-bond acceptors (Lipinski definition) is 2. The number of benzene rings is 2. The summed E-state index contributed by atoms with van der Waals surface area (Å²) in [5.74, 6) is 0.492. The molecular weight excluding hydrogens is 286 g/mol. The van der Waals surface area contributed by atoms with Crippen molar-refractivity contribution in [1.82, 2.24) is 0 Å². The third kappa shape index (κ3) is 3.76. The Kier molecular flexibility index (Phi) is 4.86. The van der Waals surface area contributed by atoms with E-state index in [4.69, 9.17) is 16.3 Å². The van der Waals surface area contributed by atoms with Gasteiger partial charge in [0.05, 0.1) is 7.11 Å². The molecule has 1 amide bonds. The number of ether oxygens (including phenoxy) is 1. The van der Waals surface area contributed by atoms with Crippen LogP contribution in [0.3, 0.4) is 0 Å². The first-order valence-electron chi connectivity index (χ1n) is 6.67. The van der Waals surface area contributed by atoms with E-state index in [1.165, 1.54) is 0 Å². The molecule has 0 heterocycles. The number of hydrogen-bond donors (Lipinski definition) is 1. The number of nitrogens with one attached hydrogen (secondary N) is 1. The molecule has 2 aromatic rings. The molecule has 1 atom stereocenters. The standard InChI is InChI=1S/C17H18ClNO2/c1-11-4-9-15(12(2)10-11)19-17(20)16(18)13-5-7-14(21-3)8-6-13/h4-10,16H,1-3H3,(H,19,20). The van der Waals surface area contributed by atoms with Crippen molar-refractivity contribution < 1.29 is 9.53 Å². The zero-order chi connectivity index (χ0) is 15.4. The Hall–Kier alpha value is -2.00. The van der Waals surface area contributed by atoms with Gasteiger partial charge in [0, 0.05) is 5.69 Å². The van der Waals surface area contributed by atoms with Crippen molar-refractivity contribution in [2.45, 2.75) is 19.2 Å². The SMILES string of the molecule is COc1ccc(C(Cl)C(=O)Nc2ccc(C)cc2C)cc1. The van der Waals surface area contributed by atoms with Gasteiger partial charge in [-0.2, -0.15) is 0 Å². The highest BCUT2D eigenvalue weighted by Gasteiger charge is 2.18. The van der Waals surface area contributed by atoms with Gasteiger partial charge in [0.2, 0.25) is 5.91 Å². The van der Waals surface area contributed by atoms with E-state index in [1.807, 2.05) is 32.0 Å². The summed E-state index contributed by atoms with van der Waals surface area (Å²) in [6.45, 7) is 3.97. The Balaban J connectivity index is 2.11. The summed E-state index contributed by atoms with van der Waals surface area (Å²) in [5, 5.41) is 2.12. The van der Waals surface area contributed by atoms with Crippen molar-refractivity contribution in [3.05, 3.63) is 59.2 Å². The maximum atomic E-state index is 12.2. The average Bonchev–Trinajstić information content (AvgIpc) is 2.49. The van der Waals surface area contributed by atoms with Crippen LogP contribution in [-0.2, 0) is 4.79 Å². The Bertz CT molecular complexity index is 638. The van der Waals surface area contributed by atoms with E-state index in [2.05, 4.69) is 5.32 Å². The highest BCUT2D eigenvalue weighted by molar-refractivity contribution is 6.32. The third-order valence-electron chi connectivity index (χ3n) is 3.28. The molecule has 2 aromatic carbocycles. The number of carbonyl (C=O) groups is 1. The maximum absolute atomic E-state index is 12.2. The number of carbonyl (C=O) groups excluding carboxylic acids is 1. The quantitative estimate of drug-likeness (QED) is 0.858. The van der Waals surface area contributed by atoms with Gasteiger partial charge in [0.25, 0.3) is 0 Å². The molecule has 0 radical (unpaired) electrons. The van der Waals surface area contributed by atoms with Gasteiger partial charge >= 0.3 is 0 Å². The van der Waals surface area contributed by atoms with E-state index in [1.54, 1.807) is 31.4 Å². The summed E-state index contributed by atoms with van der Waals surface area (Å²) in [6.07, 6.45) is 0. The van der Waals surface area contributed by atoms with Crippen molar-refractivity contribution >= 4 is 23.2 Å². The fraction of sp³-hybridized carbons (Fsp3) is 0.235. The summed E-state index contributed by atoms with van der Waals surface area (Å²) in [4.78, 5) is 12.2. The van der Waals surface area contributed by atoms with E-state index in [0.717, 1.165) is 28.1 Å². The molecule has 0 aliphatic carbocycles. The Morgan fingerprint density at radius 1 is 1.14 bits per heavy atom. The van der Waals surface area contributed by atoms with Gasteiger partial charge in [-0.15, -0.1) is 11.6 Å². The molecule has 4 heteroatoms. The minimum absolute atomic E-state index is 0.242. The molecule has 110 valence electrons. The zero-order valence-corrected chi connectivity index (χ0v) is 13.1. The van der Waals surface area contributed by atoms with E-state index in [0.29, 0.717) is 0 Å². The molecule has 0 bridgehead atoms. The van der Waals surface area contributed by atoms with Gasteiger partial charge in [-0.25, -0.2) is 0 Å². The lowest BCUT2D eigenvalue weighted by molar-refractivity contribution is -0.116. The van der Waals surface area contributed by atoms with Crippen LogP contribution in [0.4, 0.5) is 5.69 Å². The molecule has 0 saturated heterocycles. The van der Waals surface area contributed by atoms with Gasteiger partial charge in [-0.1, -0.05) is 29.8 Å². The summed E-state index contributed by atoms with van der Waals surface area (Å²) >= 11 is 6.23. The number of halogens is 1. The predicted octanol–water partition coefficient (Wildman–Crippen LogP) is 4.23. The van der Waals surface area contributed by atoms with Crippen LogP contribution in [-0.4, -0.2) is 13.0 Å². The lowest BCUT2D eigenvalue weighted by Gasteiger charge is -2.13. The minimum atomic E-state index is -0.739. The normalized spacial score (nSPS) is 11.8. The lowest BCUT2D eigenvalue weighted by Crippen LogP contribution is -2.18. The maximum Gasteiger partial charge on any atom is 0.246 e. The first-order valence-corrected chi connectivity index (χ1v) is 7.11. The molecular formula is C17H18ClNO2. The second-order valence-electron chi connectivity index (χ2n) is 4.94. The minimum Gasteiger partial charge on any atom is -0.497 e. The zero-order valence-electron chi connectivity index (χ0n) is 12.3. The van der Waals surface area contributed by atoms with E-state index < -0.39 is 5.38 Å². The smallest absolute Gasteiger partial charge is 0.246 e. The summed E-state index contributed by atoms with van der Waals surface area (Å²) < 4.78 is 5.09. The number of methoxy groups -OCH3 is 1. The second-order valence-corrected chi connectivity index (χ2v) is 5.38. The van der Waals surface area contributed by atoms with Crippen molar-refractivity contribution in [2.75, 3.05) is 12.4 Å². The molecule has 0 saturated carbocycles. The van der Waals surface area contributed by atoms with Crippen LogP contribution in [0, 0.1) is 13.8 Å². The van der Waals surface area contributed by atoms with Gasteiger partial charge in [-0.3, -0.25) is 4.79 Å². The average molecular weight is 304 g/mol. The molecule has 1 unspecified atom stereocenters.